The lowest BCUT2D eigenvalue weighted by atomic mass is 10.2. The van der Waals surface area contributed by atoms with Crippen molar-refractivity contribution in [1.29, 1.82) is 0 Å². The third-order valence-electron chi connectivity index (χ3n) is 2.73. The van der Waals surface area contributed by atoms with Crippen LogP contribution in [0, 0.1) is 5.92 Å². The van der Waals surface area contributed by atoms with E-state index in [2.05, 4.69) is 15.5 Å². The zero-order valence-corrected chi connectivity index (χ0v) is 11.2. The molecule has 0 aliphatic carbocycles. The molecule has 1 unspecified atom stereocenters. The summed E-state index contributed by atoms with van der Waals surface area (Å²) in [7, 11) is 0. The fourth-order valence-corrected chi connectivity index (χ4v) is 1.52. The van der Waals surface area contributed by atoms with Gasteiger partial charge in [-0.25, -0.2) is 0 Å². The highest BCUT2D eigenvalue weighted by molar-refractivity contribution is 5.76. The van der Waals surface area contributed by atoms with Gasteiger partial charge in [-0.1, -0.05) is 12.1 Å². The Hall–Kier alpha value is -2.15. The second-order valence-corrected chi connectivity index (χ2v) is 4.58. The number of nitrogens with zero attached hydrogens (tertiary/aromatic N) is 2. The third-order valence-corrected chi connectivity index (χ3v) is 2.73. The van der Waals surface area contributed by atoms with Gasteiger partial charge >= 0.3 is 0 Å². The summed E-state index contributed by atoms with van der Waals surface area (Å²) >= 11 is 0. The second-order valence-electron chi connectivity index (χ2n) is 4.58. The van der Waals surface area contributed by atoms with Gasteiger partial charge in [0.25, 0.3) is 0 Å². The van der Waals surface area contributed by atoms with E-state index < -0.39 is 0 Å². The zero-order valence-electron chi connectivity index (χ0n) is 11.2. The number of aromatic nitrogens is 2. The molecule has 0 bridgehead atoms. The molecule has 2 aromatic heterocycles. The average molecular weight is 279 g/mol. The first kappa shape index (κ1) is 14.3. The summed E-state index contributed by atoms with van der Waals surface area (Å²) in [6, 6.07) is 3.47. The number of aliphatic hydroxyl groups is 1. The Morgan fingerprint density at radius 2 is 2.40 bits per heavy atom. The molecule has 0 radical (unpaired) electrons. The van der Waals surface area contributed by atoms with Crippen molar-refractivity contribution in [2.45, 2.75) is 19.8 Å². The summed E-state index contributed by atoms with van der Waals surface area (Å²) in [5.74, 6) is 1.23. The molecule has 2 heterocycles. The van der Waals surface area contributed by atoms with E-state index in [1.807, 2.05) is 6.92 Å². The molecule has 0 aliphatic rings. The second kappa shape index (κ2) is 6.85. The largest absolute Gasteiger partial charge is 0.461 e. The van der Waals surface area contributed by atoms with Crippen LogP contribution in [0.25, 0.3) is 11.6 Å². The molecule has 0 fully saturated rings. The number of nitrogens with one attached hydrogen (secondary N) is 1. The van der Waals surface area contributed by atoms with Crippen LogP contribution in [-0.4, -0.2) is 34.3 Å². The Bertz CT molecular complexity index is 536. The van der Waals surface area contributed by atoms with Gasteiger partial charge in [-0.15, -0.1) is 0 Å². The maximum atomic E-state index is 11.6. The fourth-order valence-electron chi connectivity index (χ4n) is 1.52. The standard InChI is InChI=1S/C13H17N3O4/c1-9(8-17)7-14-11(18)4-5-12-15-13(16-20-12)10-3-2-6-19-10/h2-3,6,9,17H,4-5,7-8H2,1H3,(H,14,18). The number of aliphatic hydroxyl groups excluding tert-OH is 1. The molecule has 7 heteroatoms. The van der Waals surface area contributed by atoms with Gasteiger partial charge in [-0.2, -0.15) is 4.98 Å². The van der Waals surface area contributed by atoms with E-state index in [9.17, 15) is 4.79 Å². The third kappa shape index (κ3) is 3.92. The van der Waals surface area contributed by atoms with Crippen LogP contribution < -0.4 is 5.32 Å². The number of rotatable bonds is 7. The number of aryl methyl sites for hydroxylation is 1. The number of hydrogen-bond acceptors (Lipinski definition) is 6. The van der Waals surface area contributed by atoms with Crippen LogP contribution in [0.15, 0.2) is 27.3 Å². The Kier molecular flexibility index (Phi) is 4.89. The van der Waals surface area contributed by atoms with Gasteiger partial charge < -0.3 is 19.4 Å². The number of furan rings is 1. The lowest BCUT2D eigenvalue weighted by molar-refractivity contribution is -0.121. The van der Waals surface area contributed by atoms with Gasteiger partial charge in [-0.3, -0.25) is 4.79 Å². The summed E-state index contributed by atoms with van der Waals surface area (Å²) in [6.07, 6.45) is 2.16. The average Bonchev–Trinajstić information content (AvgIpc) is 3.12. The minimum absolute atomic E-state index is 0.0490. The van der Waals surface area contributed by atoms with Crippen molar-refractivity contribution in [1.82, 2.24) is 15.5 Å². The highest BCUT2D eigenvalue weighted by atomic mass is 16.5. The molecule has 0 aliphatic heterocycles. The number of hydrogen-bond donors (Lipinski definition) is 2. The van der Waals surface area contributed by atoms with E-state index in [-0.39, 0.29) is 24.9 Å². The topological polar surface area (TPSA) is 101 Å². The van der Waals surface area contributed by atoms with Gasteiger partial charge in [0.1, 0.15) is 0 Å². The molecule has 20 heavy (non-hydrogen) atoms. The summed E-state index contributed by atoms with van der Waals surface area (Å²) in [4.78, 5) is 15.7. The van der Waals surface area contributed by atoms with Crippen LogP contribution in [0.3, 0.4) is 0 Å². The fraction of sp³-hybridized carbons (Fsp3) is 0.462. The molecule has 2 aromatic rings. The van der Waals surface area contributed by atoms with Gasteiger partial charge in [0.2, 0.25) is 17.6 Å². The minimum atomic E-state index is -0.108. The van der Waals surface area contributed by atoms with Crippen molar-refractivity contribution in [3.05, 3.63) is 24.3 Å². The Morgan fingerprint density at radius 3 is 3.10 bits per heavy atom. The predicted octanol–water partition coefficient (Wildman–Crippen LogP) is 1.01. The lowest BCUT2D eigenvalue weighted by Crippen LogP contribution is -2.29. The van der Waals surface area contributed by atoms with Crippen molar-refractivity contribution in [3.8, 4) is 11.6 Å². The smallest absolute Gasteiger partial charge is 0.238 e. The van der Waals surface area contributed by atoms with E-state index in [1.165, 1.54) is 6.26 Å². The molecule has 0 saturated heterocycles. The zero-order chi connectivity index (χ0) is 14.4. The lowest BCUT2D eigenvalue weighted by Gasteiger charge is -2.08. The van der Waals surface area contributed by atoms with E-state index in [1.54, 1.807) is 12.1 Å². The van der Waals surface area contributed by atoms with Gasteiger partial charge in [0, 0.05) is 26.0 Å². The van der Waals surface area contributed by atoms with E-state index in [4.69, 9.17) is 14.0 Å². The number of carbonyl (C=O) groups is 1. The van der Waals surface area contributed by atoms with Crippen LogP contribution in [0.4, 0.5) is 0 Å². The minimum Gasteiger partial charge on any atom is -0.461 e. The molecule has 2 N–H and O–H groups in total. The molecule has 2 rings (SSSR count). The van der Waals surface area contributed by atoms with Crippen molar-refractivity contribution >= 4 is 5.91 Å². The van der Waals surface area contributed by atoms with E-state index in [0.29, 0.717) is 30.4 Å². The van der Waals surface area contributed by atoms with Crippen LogP contribution in [0.2, 0.25) is 0 Å². The van der Waals surface area contributed by atoms with Crippen LogP contribution in [0.1, 0.15) is 19.2 Å². The predicted molar refractivity (Wildman–Crippen MR) is 69.6 cm³/mol. The first-order valence-corrected chi connectivity index (χ1v) is 6.43. The molecule has 1 atom stereocenters. The van der Waals surface area contributed by atoms with Gasteiger partial charge in [0.15, 0.2) is 5.76 Å². The summed E-state index contributed by atoms with van der Waals surface area (Å²) < 4.78 is 10.2. The van der Waals surface area contributed by atoms with E-state index in [0.717, 1.165) is 0 Å². The Balaban J connectivity index is 1.78. The summed E-state index contributed by atoms with van der Waals surface area (Å²) in [5.41, 5.74) is 0. The SMILES string of the molecule is CC(CO)CNC(=O)CCc1nc(-c2ccco2)no1. The molecule has 7 nitrogen and oxygen atoms in total. The highest BCUT2D eigenvalue weighted by Crippen LogP contribution is 2.16. The monoisotopic (exact) mass is 279 g/mol. The van der Waals surface area contributed by atoms with Crippen molar-refractivity contribution in [3.63, 3.8) is 0 Å². The maximum absolute atomic E-state index is 11.6. The molecule has 0 spiro atoms. The normalized spacial score (nSPS) is 12.3. The highest BCUT2D eigenvalue weighted by Gasteiger charge is 2.12. The van der Waals surface area contributed by atoms with Crippen molar-refractivity contribution in [2.24, 2.45) is 5.92 Å². The first-order valence-electron chi connectivity index (χ1n) is 6.43. The summed E-state index contributed by atoms with van der Waals surface area (Å²) in [6.45, 7) is 2.36. The number of carbonyl (C=O) groups excluding carboxylic acids is 1. The first-order chi connectivity index (χ1) is 9.69. The van der Waals surface area contributed by atoms with Crippen molar-refractivity contribution in [2.75, 3.05) is 13.2 Å². The molecular formula is C13H17N3O4. The number of amides is 1. The van der Waals surface area contributed by atoms with Gasteiger partial charge in [0.05, 0.1) is 6.26 Å². The molecule has 0 saturated carbocycles. The van der Waals surface area contributed by atoms with Crippen LogP contribution in [0.5, 0.6) is 0 Å². The van der Waals surface area contributed by atoms with Gasteiger partial charge in [-0.05, 0) is 18.1 Å². The summed E-state index contributed by atoms with van der Waals surface area (Å²) in [5, 5.41) is 15.4. The van der Waals surface area contributed by atoms with E-state index >= 15 is 0 Å². The molecule has 108 valence electrons. The Labute approximate surface area is 116 Å². The maximum Gasteiger partial charge on any atom is 0.238 e. The van der Waals surface area contributed by atoms with Crippen LogP contribution in [-0.2, 0) is 11.2 Å². The molecule has 1 amide bonds. The van der Waals surface area contributed by atoms with Crippen LogP contribution >= 0.6 is 0 Å². The van der Waals surface area contributed by atoms with Crippen molar-refractivity contribution < 1.29 is 18.8 Å². The quantitative estimate of drug-likeness (QED) is 0.784. The molecular weight excluding hydrogens is 262 g/mol. The molecule has 0 aromatic carbocycles. The Morgan fingerprint density at radius 1 is 1.55 bits per heavy atom.